The van der Waals surface area contributed by atoms with Gasteiger partial charge in [0.2, 0.25) is 0 Å². The molecule has 1 aliphatic carbocycles. The summed E-state index contributed by atoms with van der Waals surface area (Å²) in [4.78, 5) is 20.5. The summed E-state index contributed by atoms with van der Waals surface area (Å²) in [7, 11) is 0. The van der Waals surface area contributed by atoms with Gasteiger partial charge in [-0.25, -0.2) is 9.97 Å². The number of hydrogen-bond acceptors (Lipinski definition) is 4. The van der Waals surface area contributed by atoms with E-state index < -0.39 is 0 Å². The van der Waals surface area contributed by atoms with E-state index in [9.17, 15) is 4.79 Å². The molecule has 1 aromatic rings. The van der Waals surface area contributed by atoms with Crippen molar-refractivity contribution in [2.75, 3.05) is 11.9 Å². The molecule has 1 aliphatic rings. The number of carbonyl (C=O) groups excluding carboxylic acids is 1. The van der Waals surface area contributed by atoms with Gasteiger partial charge in [-0.05, 0) is 19.8 Å². The van der Waals surface area contributed by atoms with Crippen molar-refractivity contribution in [2.24, 2.45) is 0 Å². The lowest BCUT2D eigenvalue weighted by Crippen LogP contribution is -2.35. The molecule has 5 heteroatoms. The molecule has 1 saturated carbocycles. The van der Waals surface area contributed by atoms with Crippen molar-refractivity contribution < 1.29 is 4.79 Å². The number of amides is 1. The Morgan fingerprint density at radius 3 is 2.45 bits per heavy atom. The van der Waals surface area contributed by atoms with Gasteiger partial charge < -0.3 is 10.6 Å². The third kappa shape index (κ3) is 4.47. The summed E-state index contributed by atoms with van der Waals surface area (Å²) < 4.78 is 0. The van der Waals surface area contributed by atoms with Crippen LogP contribution in [0.25, 0.3) is 0 Å². The first-order valence-electron chi connectivity index (χ1n) is 7.66. The minimum atomic E-state index is -0.105. The minimum Gasteiger partial charge on any atom is -0.369 e. The molecule has 2 N–H and O–H groups in total. The van der Waals surface area contributed by atoms with Crippen molar-refractivity contribution >= 4 is 11.7 Å². The van der Waals surface area contributed by atoms with Gasteiger partial charge in [-0.3, -0.25) is 4.79 Å². The van der Waals surface area contributed by atoms with Crippen molar-refractivity contribution in [2.45, 2.75) is 57.9 Å². The molecule has 0 bridgehead atoms. The minimum absolute atomic E-state index is 0.105. The lowest BCUT2D eigenvalue weighted by Gasteiger charge is -2.20. The number of nitrogens with one attached hydrogen (secondary N) is 2. The highest BCUT2D eigenvalue weighted by Crippen LogP contribution is 2.17. The lowest BCUT2D eigenvalue weighted by molar-refractivity contribution is 0.0925. The Kier molecular flexibility index (Phi) is 5.77. The first-order valence-corrected chi connectivity index (χ1v) is 7.66. The fourth-order valence-corrected chi connectivity index (χ4v) is 2.58. The van der Waals surface area contributed by atoms with Crippen LogP contribution in [0, 0.1) is 0 Å². The van der Waals surface area contributed by atoms with Crippen molar-refractivity contribution in [3.8, 4) is 0 Å². The summed E-state index contributed by atoms with van der Waals surface area (Å²) in [5.74, 6) is 0.598. The summed E-state index contributed by atoms with van der Waals surface area (Å²) in [5, 5.41) is 6.16. The van der Waals surface area contributed by atoms with Gasteiger partial charge in [-0.1, -0.05) is 32.1 Å². The zero-order chi connectivity index (χ0) is 14.2. The molecule has 0 atom stereocenters. The van der Waals surface area contributed by atoms with Gasteiger partial charge in [0.15, 0.2) is 0 Å². The Morgan fingerprint density at radius 1 is 1.15 bits per heavy atom. The molecule has 1 aromatic heterocycles. The van der Waals surface area contributed by atoms with Gasteiger partial charge in [0.1, 0.15) is 11.5 Å². The van der Waals surface area contributed by atoms with E-state index in [1.165, 1.54) is 38.3 Å². The fraction of sp³-hybridized carbons (Fsp3) is 0.667. The van der Waals surface area contributed by atoms with Crippen molar-refractivity contribution in [1.29, 1.82) is 0 Å². The standard InChI is InChI=1S/C15H24N4O/c1-2-16-14-11-17-13(10-18-14)15(20)19-12-8-6-4-3-5-7-9-12/h10-12H,2-9H2,1H3,(H,16,18)(H,19,20). The molecule has 0 radical (unpaired) electrons. The van der Waals surface area contributed by atoms with E-state index in [1.54, 1.807) is 6.20 Å². The van der Waals surface area contributed by atoms with Crippen molar-refractivity contribution in [3.05, 3.63) is 18.1 Å². The zero-order valence-corrected chi connectivity index (χ0v) is 12.2. The molecule has 5 nitrogen and oxygen atoms in total. The number of aromatic nitrogens is 2. The van der Waals surface area contributed by atoms with E-state index in [4.69, 9.17) is 0 Å². The topological polar surface area (TPSA) is 66.9 Å². The number of rotatable bonds is 4. The smallest absolute Gasteiger partial charge is 0.271 e. The summed E-state index contributed by atoms with van der Waals surface area (Å²) >= 11 is 0. The van der Waals surface area contributed by atoms with Crippen LogP contribution in [0.2, 0.25) is 0 Å². The molecule has 0 saturated heterocycles. The Balaban J connectivity index is 1.89. The Labute approximate surface area is 120 Å². The van der Waals surface area contributed by atoms with Gasteiger partial charge >= 0.3 is 0 Å². The van der Waals surface area contributed by atoms with Gasteiger partial charge in [0, 0.05) is 12.6 Å². The van der Waals surface area contributed by atoms with Gasteiger partial charge in [0.25, 0.3) is 5.91 Å². The van der Waals surface area contributed by atoms with Crippen LogP contribution >= 0.6 is 0 Å². The fourth-order valence-electron chi connectivity index (χ4n) is 2.58. The maximum absolute atomic E-state index is 12.1. The van der Waals surface area contributed by atoms with Crippen LogP contribution in [0.1, 0.15) is 62.4 Å². The van der Waals surface area contributed by atoms with E-state index in [0.717, 1.165) is 19.4 Å². The summed E-state index contributed by atoms with van der Waals surface area (Å²) in [6.07, 6.45) is 11.6. The molecule has 110 valence electrons. The van der Waals surface area contributed by atoms with E-state index in [2.05, 4.69) is 20.6 Å². The normalized spacial score (nSPS) is 17.1. The number of anilines is 1. The predicted octanol–water partition coefficient (Wildman–Crippen LogP) is 2.75. The number of nitrogens with zero attached hydrogens (tertiary/aromatic N) is 2. The van der Waals surface area contributed by atoms with Crippen LogP contribution in [0.15, 0.2) is 12.4 Å². The average molecular weight is 276 g/mol. The van der Waals surface area contributed by atoms with E-state index in [-0.39, 0.29) is 11.9 Å². The molecule has 20 heavy (non-hydrogen) atoms. The maximum Gasteiger partial charge on any atom is 0.271 e. The summed E-state index contributed by atoms with van der Waals surface area (Å²) in [6.45, 7) is 2.79. The highest BCUT2D eigenvalue weighted by molar-refractivity contribution is 5.92. The summed E-state index contributed by atoms with van der Waals surface area (Å²) in [5.41, 5.74) is 0.397. The monoisotopic (exact) mass is 276 g/mol. The van der Waals surface area contributed by atoms with Crippen molar-refractivity contribution in [3.63, 3.8) is 0 Å². The third-order valence-electron chi connectivity index (χ3n) is 3.68. The first kappa shape index (κ1) is 14.8. The molecular formula is C15H24N4O. The molecule has 0 aliphatic heterocycles. The lowest BCUT2D eigenvalue weighted by atomic mass is 9.96. The quantitative estimate of drug-likeness (QED) is 0.887. The molecule has 1 heterocycles. The molecule has 0 spiro atoms. The molecule has 1 fully saturated rings. The molecule has 0 aromatic carbocycles. The van der Waals surface area contributed by atoms with E-state index in [1.807, 2.05) is 6.92 Å². The van der Waals surface area contributed by atoms with Gasteiger partial charge in [0.05, 0.1) is 12.4 Å². The highest BCUT2D eigenvalue weighted by Gasteiger charge is 2.16. The van der Waals surface area contributed by atoms with Crippen LogP contribution in [-0.2, 0) is 0 Å². The van der Waals surface area contributed by atoms with Crippen LogP contribution in [-0.4, -0.2) is 28.5 Å². The van der Waals surface area contributed by atoms with Crippen LogP contribution < -0.4 is 10.6 Å². The first-order chi connectivity index (χ1) is 9.79. The molecule has 2 rings (SSSR count). The Morgan fingerprint density at radius 2 is 1.85 bits per heavy atom. The maximum atomic E-state index is 12.1. The van der Waals surface area contributed by atoms with E-state index in [0.29, 0.717) is 11.5 Å². The van der Waals surface area contributed by atoms with Crippen LogP contribution in [0.3, 0.4) is 0 Å². The Hall–Kier alpha value is -1.65. The molecular weight excluding hydrogens is 252 g/mol. The second-order valence-electron chi connectivity index (χ2n) is 5.33. The molecule has 1 amide bonds. The third-order valence-corrected chi connectivity index (χ3v) is 3.68. The zero-order valence-electron chi connectivity index (χ0n) is 12.2. The number of hydrogen-bond donors (Lipinski definition) is 2. The van der Waals surface area contributed by atoms with Crippen molar-refractivity contribution in [1.82, 2.24) is 15.3 Å². The Bertz CT molecular complexity index is 410. The summed E-state index contributed by atoms with van der Waals surface area (Å²) in [6, 6.07) is 0.290. The molecule has 0 unspecified atom stereocenters. The van der Waals surface area contributed by atoms with Gasteiger partial charge in [-0.15, -0.1) is 0 Å². The largest absolute Gasteiger partial charge is 0.369 e. The average Bonchev–Trinajstić information content (AvgIpc) is 2.43. The SMILES string of the molecule is CCNc1cnc(C(=O)NC2CCCCCCC2)cn1. The van der Waals surface area contributed by atoms with Crippen LogP contribution in [0.4, 0.5) is 5.82 Å². The predicted molar refractivity (Wildman–Crippen MR) is 79.8 cm³/mol. The van der Waals surface area contributed by atoms with Gasteiger partial charge in [-0.2, -0.15) is 0 Å². The van der Waals surface area contributed by atoms with E-state index >= 15 is 0 Å². The highest BCUT2D eigenvalue weighted by atomic mass is 16.1. The van der Waals surface area contributed by atoms with Crippen LogP contribution in [0.5, 0.6) is 0 Å². The second kappa shape index (κ2) is 7.82. The number of carbonyl (C=O) groups is 1. The second-order valence-corrected chi connectivity index (χ2v) is 5.33.